The van der Waals surface area contributed by atoms with Crippen LogP contribution in [0.15, 0.2) is 12.1 Å². The number of nitrogens with zero attached hydrogens (tertiary/aromatic N) is 1. The van der Waals surface area contributed by atoms with E-state index >= 15 is 0 Å². The van der Waals surface area contributed by atoms with Crippen molar-refractivity contribution in [3.63, 3.8) is 0 Å². The van der Waals surface area contributed by atoms with Crippen LogP contribution in [0.2, 0.25) is 0 Å². The van der Waals surface area contributed by atoms with Crippen molar-refractivity contribution in [2.45, 2.75) is 33.3 Å². The molecule has 0 bridgehead atoms. The van der Waals surface area contributed by atoms with Crippen LogP contribution in [0.3, 0.4) is 0 Å². The normalized spacial score (nSPS) is 11.1. The molecular formula is C14H18INO3. The van der Waals surface area contributed by atoms with Gasteiger partial charge in [0.25, 0.3) is 0 Å². The van der Waals surface area contributed by atoms with E-state index < -0.39 is 11.7 Å². The molecule has 104 valence electrons. The zero-order valence-corrected chi connectivity index (χ0v) is 13.9. The Morgan fingerprint density at radius 2 is 1.95 bits per heavy atom. The summed E-state index contributed by atoms with van der Waals surface area (Å²) in [6, 6.07) is 3.54. The molecule has 5 heteroatoms. The average Bonchev–Trinajstić information content (AvgIpc) is 2.29. The van der Waals surface area contributed by atoms with Crippen LogP contribution >= 0.6 is 22.6 Å². The monoisotopic (exact) mass is 375 g/mol. The average molecular weight is 375 g/mol. The smallest absolute Gasteiger partial charge is 0.414 e. The number of aldehydes is 1. The third-order valence-corrected chi connectivity index (χ3v) is 3.67. The van der Waals surface area contributed by atoms with E-state index in [1.165, 1.54) is 4.90 Å². The van der Waals surface area contributed by atoms with E-state index in [1.54, 1.807) is 13.1 Å². The molecule has 0 N–H and O–H groups in total. The van der Waals surface area contributed by atoms with Gasteiger partial charge in [-0.05, 0) is 68.0 Å². The zero-order chi connectivity index (χ0) is 14.8. The highest BCUT2D eigenvalue weighted by molar-refractivity contribution is 14.1. The predicted molar refractivity (Wildman–Crippen MR) is 83.9 cm³/mol. The van der Waals surface area contributed by atoms with Gasteiger partial charge in [0, 0.05) is 21.9 Å². The van der Waals surface area contributed by atoms with Crippen molar-refractivity contribution in [2.24, 2.45) is 0 Å². The maximum Gasteiger partial charge on any atom is 0.414 e. The number of ether oxygens (including phenoxy) is 1. The van der Waals surface area contributed by atoms with Gasteiger partial charge < -0.3 is 4.74 Å². The summed E-state index contributed by atoms with van der Waals surface area (Å²) in [6.07, 6.45) is 0.355. The van der Waals surface area contributed by atoms with Gasteiger partial charge in [-0.3, -0.25) is 9.69 Å². The largest absolute Gasteiger partial charge is 0.443 e. The van der Waals surface area contributed by atoms with Crippen LogP contribution in [0, 0.1) is 10.5 Å². The number of hydrogen-bond donors (Lipinski definition) is 0. The number of rotatable bonds is 2. The highest BCUT2D eigenvalue weighted by Gasteiger charge is 2.21. The Hall–Kier alpha value is -1.11. The van der Waals surface area contributed by atoms with Crippen molar-refractivity contribution in [3.8, 4) is 0 Å². The van der Waals surface area contributed by atoms with E-state index in [4.69, 9.17) is 4.74 Å². The summed E-state index contributed by atoms with van der Waals surface area (Å²) in [7, 11) is 1.63. The summed E-state index contributed by atoms with van der Waals surface area (Å²) in [5.74, 6) is 0. The Bertz CT molecular complexity index is 506. The molecular weight excluding hydrogens is 357 g/mol. The number of carbonyl (C=O) groups is 2. The molecule has 0 heterocycles. The van der Waals surface area contributed by atoms with Crippen LogP contribution in [0.4, 0.5) is 10.5 Å². The highest BCUT2D eigenvalue weighted by atomic mass is 127. The fraction of sp³-hybridized carbons (Fsp3) is 0.429. The van der Waals surface area contributed by atoms with Crippen molar-refractivity contribution >= 4 is 40.7 Å². The van der Waals surface area contributed by atoms with Gasteiger partial charge in [-0.15, -0.1) is 0 Å². The summed E-state index contributed by atoms with van der Waals surface area (Å²) in [4.78, 5) is 24.4. The van der Waals surface area contributed by atoms with Crippen LogP contribution in [0.5, 0.6) is 0 Å². The standard InChI is InChI=1S/C14H18INO3/c1-9-10(8-17)6-11(7-12(9)15)16(5)13(18)19-14(2,3)4/h6-8H,1-5H3. The maximum atomic E-state index is 12.0. The van der Waals surface area contributed by atoms with Crippen molar-refractivity contribution in [2.75, 3.05) is 11.9 Å². The second kappa shape index (κ2) is 5.90. The van der Waals surface area contributed by atoms with Gasteiger partial charge in [0.05, 0.1) is 0 Å². The summed E-state index contributed by atoms with van der Waals surface area (Å²) in [5.41, 5.74) is 1.59. The minimum atomic E-state index is -0.545. The second-order valence-electron chi connectivity index (χ2n) is 5.30. The van der Waals surface area contributed by atoms with Crippen LogP contribution in [0.25, 0.3) is 0 Å². The molecule has 0 aliphatic rings. The molecule has 0 aromatic heterocycles. The van der Waals surface area contributed by atoms with E-state index in [2.05, 4.69) is 22.6 Å². The first-order chi connectivity index (χ1) is 8.65. The molecule has 0 atom stereocenters. The van der Waals surface area contributed by atoms with E-state index in [1.807, 2.05) is 33.8 Å². The first kappa shape index (κ1) is 15.9. The molecule has 0 saturated carbocycles. The van der Waals surface area contributed by atoms with Gasteiger partial charge in [0.2, 0.25) is 0 Å². The summed E-state index contributed by atoms with van der Waals surface area (Å²) >= 11 is 2.15. The third-order valence-electron chi connectivity index (χ3n) is 2.55. The molecule has 19 heavy (non-hydrogen) atoms. The minimum absolute atomic E-state index is 0.441. The lowest BCUT2D eigenvalue weighted by Gasteiger charge is -2.25. The number of hydrogen-bond acceptors (Lipinski definition) is 3. The van der Waals surface area contributed by atoms with E-state index in [-0.39, 0.29) is 0 Å². The molecule has 4 nitrogen and oxygen atoms in total. The molecule has 1 aromatic rings. The lowest BCUT2D eigenvalue weighted by atomic mass is 10.1. The molecule has 0 aliphatic heterocycles. The van der Waals surface area contributed by atoms with E-state index in [0.29, 0.717) is 11.3 Å². The second-order valence-corrected chi connectivity index (χ2v) is 6.46. The maximum absolute atomic E-state index is 12.0. The van der Waals surface area contributed by atoms with Crippen LogP contribution in [-0.4, -0.2) is 25.0 Å². The molecule has 1 amide bonds. The Morgan fingerprint density at radius 1 is 1.37 bits per heavy atom. The SMILES string of the molecule is Cc1c(I)cc(N(C)C(=O)OC(C)(C)C)cc1C=O. The first-order valence-electron chi connectivity index (χ1n) is 5.87. The van der Waals surface area contributed by atoms with E-state index in [0.717, 1.165) is 15.4 Å². The van der Waals surface area contributed by atoms with Gasteiger partial charge in [-0.1, -0.05) is 0 Å². The third kappa shape index (κ3) is 4.19. The van der Waals surface area contributed by atoms with Crippen molar-refractivity contribution in [1.82, 2.24) is 0 Å². The number of carbonyl (C=O) groups excluding carboxylic acids is 2. The summed E-state index contributed by atoms with van der Waals surface area (Å²) in [6.45, 7) is 7.32. The van der Waals surface area contributed by atoms with Crippen LogP contribution < -0.4 is 4.90 Å². The zero-order valence-electron chi connectivity index (χ0n) is 11.8. The van der Waals surface area contributed by atoms with Crippen molar-refractivity contribution < 1.29 is 14.3 Å². The topological polar surface area (TPSA) is 46.6 Å². The molecule has 0 radical (unpaired) electrons. The number of anilines is 1. The predicted octanol–water partition coefficient (Wildman–Crippen LogP) is 3.78. The molecule has 0 saturated heterocycles. The van der Waals surface area contributed by atoms with Gasteiger partial charge in [0.1, 0.15) is 11.9 Å². The highest BCUT2D eigenvalue weighted by Crippen LogP contribution is 2.24. The quantitative estimate of drug-likeness (QED) is 0.584. The van der Waals surface area contributed by atoms with Gasteiger partial charge >= 0.3 is 6.09 Å². The van der Waals surface area contributed by atoms with Crippen LogP contribution in [0.1, 0.15) is 36.7 Å². The number of amides is 1. The minimum Gasteiger partial charge on any atom is -0.443 e. The Kier molecular flexibility index (Phi) is 4.95. The molecule has 0 aliphatic carbocycles. The Balaban J connectivity index is 3.06. The van der Waals surface area contributed by atoms with E-state index in [9.17, 15) is 9.59 Å². The first-order valence-corrected chi connectivity index (χ1v) is 6.95. The molecule has 1 rings (SSSR count). The number of halogens is 1. The lowest BCUT2D eigenvalue weighted by molar-refractivity contribution is 0.0589. The number of benzene rings is 1. The molecule has 0 unspecified atom stereocenters. The molecule has 1 aromatic carbocycles. The lowest BCUT2D eigenvalue weighted by Crippen LogP contribution is -2.34. The fourth-order valence-electron chi connectivity index (χ4n) is 1.44. The Labute approximate surface area is 127 Å². The molecule has 0 spiro atoms. The summed E-state index contributed by atoms with van der Waals surface area (Å²) in [5, 5.41) is 0. The fourth-order valence-corrected chi connectivity index (χ4v) is 2.07. The van der Waals surface area contributed by atoms with Gasteiger partial charge in [0.15, 0.2) is 0 Å². The van der Waals surface area contributed by atoms with Gasteiger partial charge in [-0.2, -0.15) is 0 Å². The van der Waals surface area contributed by atoms with Crippen LogP contribution in [-0.2, 0) is 4.74 Å². The summed E-state index contributed by atoms with van der Waals surface area (Å²) < 4.78 is 6.23. The Morgan fingerprint density at radius 3 is 2.42 bits per heavy atom. The van der Waals surface area contributed by atoms with Gasteiger partial charge in [-0.25, -0.2) is 4.79 Å². The van der Waals surface area contributed by atoms with Crippen molar-refractivity contribution in [3.05, 3.63) is 26.8 Å². The molecule has 0 fully saturated rings. The van der Waals surface area contributed by atoms with Crippen molar-refractivity contribution in [1.29, 1.82) is 0 Å².